The molecule has 0 amide bonds. The predicted molar refractivity (Wildman–Crippen MR) is 64.2 cm³/mol. The van der Waals surface area contributed by atoms with Gasteiger partial charge in [0.15, 0.2) is 0 Å². The number of halogens is 1. The molecule has 0 bridgehead atoms. The fraction of sp³-hybridized carbons (Fsp3) is 0.636. The number of hydrogen-bond acceptors (Lipinski definition) is 4. The molecule has 1 aliphatic rings. The summed E-state index contributed by atoms with van der Waals surface area (Å²) in [5.74, 6) is 1.58. The summed E-state index contributed by atoms with van der Waals surface area (Å²) in [6.45, 7) is 8.14. The number of aromatic nitrogens is 2. The molecule has 0 atom stereocenters. The van der Waals surface area contributed by atoms with E-state index in [1.165, 1.54) is 0 Å². The summed E-state index contributed by atoms with van der Waals surface area (Å²) in [5, 5.41) is 0.431. The van der Waals surface area contributed by atoms with E-state index < -0.39 is 0 Å². The lowest BCUT2D eigenvalue weighted by Gasteiger charge is -2.38. The van der Waals surface area contributed by atoms with E-state index in [0.717, 1.165) is 24.8 Å². The van der Waals surface area contributed by atoms with Crippen molar-refractivity contribution in [1.29, 1.82) is 0 Å². The largest absolute Gasteiger partial charge is 0.461 e. The lowest BCUT2D eigenvalue weighted by molar-refractivity contribution is 0.222. The molecule has 0 spiro atoms. The van der Waals surface area contributed by atoms with Crippen molar-refractivity contribution in [3.8, 4) is 6.01 Å². The van der Waals surface area contributed by atoms with Crippen LogP contribution in [0.5, 0.6) is 6.01 Å². The van der Waals surface area contributed by atoms with Gasteiger partial charge in [-0.15, -0.1) is 0 Å². The Morgan fingerprint density at radius 3 is 2.69 bits per heavy atom. The van der Waals surface area contributed by atoms with Crippen molar-refractivity contribution in [2.75, 3.05) is 18.0 Å². The van der Waals surface area contributed by atoms with Crippen LogP contribution < -0.4 is 9.64 Å². The number of ether oxygens (including phenoxy) is 1. The second-order valence-electron chi connectivity index (χ2n) is 4.51. The van der Waals surface area contributed by atoms with Crippen molar-refractivity contribution in [2.45, 2.75) is 26.9 Å². The van der Waals surface area contributed by atoms with Gasteiger partial charge in [-0.2, -0.15) is 9.97 Å². The summed E-state index contributed by atoms with van der Waals surface area (Å²) < 4.78 is 5.45. The molecule has 2 rings (SSSR count). The van der Waals surface area contributed by atoms with Gasteiger partial charge in [-0.25, -0.2) is 0 Å². The molecule has 0 saturated carbocycles. The van der Waals surface area contributed by atoms with Crippen LogP contribution in [0.25, 0.3) is 0 Å². The van der Waals surface area contributed by atoms with E-state index in [-0.39, 0.29) is 6.10 Å². The highest BCUT2D eigenvalue weighted by Crippen LogP contribution is 2.26. The third-order valence-corrected chi connectivity index (χ3v) is 2.58. The summed E-state index contributed by atoms with van der Waals surface area (Å²) in [6, 6.07) is 2.14. The van der Waals surface area contributed by atoms with Crippen LogP contribution in [0.1, 0.15) is 20.8 Å². The third kappa shape index (κ3) is 2.55. The summed E-state index contributed by atoms with van der Waals surface area (Å²) in [6.07, 6.45) is 0.0571. The van der Waals surface area contributed by atoms with Crippen molar-refractivity contribution >= 4 is 17.4 Å². The Kier molecular flexibility index (Phi) is 3.19. The lowest BCUT2D eigenvalue weighted by Crippen LogP contribution is -2.45. The summed E-state index contributed by atoms with van der Waals surface area (Å²) in [4.78, 5) is 10.5. The van der Waals surface area contributed by atoms with E-state index >= 15 is 0 Å². The first kappa shape index (κ1) is 11.5. The third-order valence-electron chi connectivity index (χ3n) is 2.39. The molecular weight excluding hydrogens is 226 g/mol. The van der Waals surface area contributed by atoms with Gasteiger partial charge in [-0.05, 0) is 19.8 Å². The van der Waals surface area contributed by atoms with Crippen LogP contribution in [0.4, 0.5) is 5.82 Å². The maximum absolute atomic E-state index is 5.94. The van der Waals surface area contributed by atoms with E-state index in [9.17, 15) is 0 Å². The van der Waals surface area contributed by atoms with Crippen molar-refractivity contribution in [3.63, 3.8) is 0 Å². The zero-order chi connectivity index (χ0) is 11.7. The van der Waals surface area contributed by atoms with Gasteiger partial charge in [-0.3, -0.25) is 0 Å². The van der Waals surface area contributed by atoms with Gasteiger partial charge in [-0.1, -0.05) is 18.5 Å². The Bertz CT molecular complexity index is 377. The maximum Gasteiger partial charge on any atom is 0.320 e. The van der Waals surface area contributed by atoms with Crippen LogP contribution in [0.2, 0.25) is 5.15 Å². The van der Waals surface area contributed by atoms with E-state index in [4.69, 9.17) is 16.3 Å². The molecule has 2 heterocycles. The Morgan fingerprint density at radius 2 is 2.12 bits per heavy atom. The summed E-state index contributed by atoms with van der Waals surface area (Å²) in [5.41, 5.74) is 0. The molecule has 16 heavy (non-hydrogen) atoms. The molecular formula is C11H16ClN3O. The molecule has 0 aromatic carbocycles. The molecule has 0 N–H and O–H groups in total. The van der Waals surface area contributed by atoms with Gasteiger partial charge in [0.05, 0.1) is 6.10 Å². The highest BCUT2D eigenvalue weighted by atomic mass is 35.5. The zero-order valence-electron chi connectivity index (χ0n) is 9.77. The summed E-state index contributed by atoms with van der Waals surface area (Å²) in [7, 11) is 0. The molecule has 0 unspecified atom stereocenters. The normalized spacial score (nSPS) is 16.4. The van der Waals surface area contributed by atoms with Crippen LogP contribution in [0.15, 0.2) is 6.07 Å². The van der Waals surface area contributed by atoms with Crippen molar-refractivity contribution in [2.24, 2.45) is 5.92 Å². The number of nitrogens with zero attached hydrogens (tertiary/aromatic N) is 3. The highest BCUT2D eigenvalue weighted by Gasteiger charge is 2.24. The van der Waals surface area contributed by atoms with Gasteiger partial charge in [0, 0.05) is 19.2 Å². The van der Waals surface area contributed by atoms with E-state index in [0.29, 0.717) is 11.2 Å². The monoisotopic (exact) mass is 241 g/mol. The Labute approximate surface area is 101 Å². The molecule has 1 aromatic rings. The Morgan fingerprint density at radius 1 is 1.44 bits per heavy atom. The topological polar surface area (TPSA) is 38.2 Å². The first-order chi connectivity index (χ1) is 7.54. The average Bonchev–Trinajstić information content (AvgIpc) is 2.10. The Balaban J connectivity index is 2.15. The standard InChI is InChI=1S/C11H16ClN3O/c1-7(2)16-11-13-9(12)4-10(14-11)15-5-8(3)6-15/h4,7-8H,5-6H2,1-3H3. The minimum atomic E-state index is 0.0571. The average molecular weight is 242 g/mol. The van der Waals surface area contributed by atoms with Crippen LogP contribution in [-0.2, 0) is 0 Å². The van der Waals surface area contributed by atoms with Crippen LogP contribution in [0, 0.1) is 5.92 Å². The van der Waals surface area contributed by atoms with Crippen molar-refractivity contribution in [1.82, 2.24) is 9.97 Å². The molecule has 1 aromatic heterocycles. The van der Waals surface area contributed by atoms with Gasteiger partial charge in [0.25, 0.3) is 0 Å². The molecule has 1 saturated heterocycles. The van der Waals surface area contributed by atoms with Crippen molar-refractivity contribution < 1.29 is 4.74 Å². The number of rotatable bonds is 3. The molecule has 1 fully saturated rings. The zero-order valence-corrected chi connectivity index (χ0v) is 10.5. The van der Waals surface area contributed by atoms with Crippen LogP contribution in [-0.4, -0.2) is 29.2 Å². The van der Waals surface area contributed by atoms with E-state index in [1.54, 1.807) is 6.07 Å². The Hall–Kier alpha value is -1.03. The molecule has 1 aliphatic heterocycles. The molecule has 4 nitrogen and oxygen atoms in total. The van der Waals surface area contributed by atoms with Crippen LogP contribution in [0.3, 0.4) is 0 Å². The summed E-state index contributed by atoms with van der Waals surface area (Å²) >= 11 is 5.94. The minimum absolute atomic E-state index is 0.0571. The minimum Gasteiger partial charge on any atom is -0.461 e. The first-order valence-electron chi connectivity index (χ1n) is 5.51. The molecule has 0 aliphatic carbocycles. The lowest BCUT2D eigenvalue weighted by atomic mass is 10.0. The SMILES string of the molecule is CC1CN(c2cc(Cl)nc(OC(C)C)n2)C1. The second kappa shape index (κ2) is 4.45. The highest BCUT2D eigenvalue weighted by molar-refractivity contribution is 6.29. The smallest absolute Gasteiger partial charge is 0.320 e. The molecule has 5 heteroatoms. The first-order valence-corrected chi connectivity index (χ1v) is 5.88. The number of anilines is 1. The van der Waals surface area contributed by atoms with Gasteiger partial charge in [0.1, 0.15) is 11.0 Å². The van der Waals surface area contributed by atoms with Gasteiger partial charge >= 0.3 is 6.01 Å². The fourth-order valence-corrected chi connectivity index (χ4v) is 1.87. The maximum atomic E-state index is 5.94. The predicted octanol–water partition coefficient (Wildman–Crippen LogP) is 2.37. The van der Waals surface area contributed by atoms with Gasteiger partial charge < -0.3 is 9.64 Å². The number of hydrogen-bond donors (Lipinski definition) is 0. The van der Waals surface area contributed by atoms with Crippen molar-refractivity contribution in [3.05, 3.63) is 11.2 Å². The second-order valence-corrected chi connectivity index (χ2v) is 4.90. The van der Waals surface area contributed by atoms with Gasteiger partial charge in [0.2, 0.25) is 0 Å². The quantitative estimate of drug-likeness (QED) is 0.762. The van der Waals surface area contributed by atoms with E-state index in [2.05, 4.69) is 21.8 Å². The van der Waals surface area contributed by atoms with Crippen LogP contribution >= 0.6 is 11.6 Å². The fourth-order valence-electron chi connectivity index (χ4n) is 1.70. The molecule has 88 valence electrons. The van der Waals surface area contributed by atoms with E-state index in [1.807, 2.05) is 13.8 Å². The molecule has 0 radical (unpaired) electrons.